The van der Waals surface area contributed by atoms with Gasteiger partial charge in [0, 0.05) is 11.9 Å². The third-order valence-corrected chi connectivity index (χ3v) is 2.56. The molecule has 0 bridgehead atoms. The van der Waals surface area contributed by atoms with Gasteiger partial charge in [-0.2, -0.15) is 0 Å². The van der Waals surface area contributed by atoms with Gasteiger partial charge < -0.3 is 4.57 Å². The number of hydrogen-bond donors (Lipinski definition) is 0. The minimum Gasteiger partial charge on any atom is -0.314 e. The first-order chi connectivity index (χ1) is 6.33. The fraction of sp³-hybridized carbons (Fsp3) is 0.222. The average molecular weight is 260 g/mol. The van der Waals surface area contributed by atoms with E-state index in [1.165, 1.54) is 0 Å². The van der Waals surface area contributed by atoms with Gasteiger partial charge in [0.1, 0.15) is 0 Å². The second kappa shape index (κ2) is 3.68. The van der Waals surface area contributed by atoms with Crippen molar-refractivity contribution in [3.05, 3.63) is 29.5 Å². The van der Waals surface area contributed by atoms with Gasteiger partial charge in [0.15, 0.2) is 0 Å². The highest BCUT2D eigenvalue weighted by atomic mass is 79.9. The van der Waals surface area contributed by atoms with Crippen molar-refractivity contribution >= 4 is 38.6 Å². The molecule has 68 valence electrons. The van der Waals surface area contributed by atoms with Crippen LogP contribution in [0.25, 0.3) is 11.0 Å². The summed E-state index contributed by atoms with van der Waals surface area (Å²) in [6.45, 7) is 0.847. The molecule has 0 saturated heterocycles. The zero-order valence-corrected chi connectivity index (χ0v) is 9.22. The minimum atomic E-state index is 0.556. The number of hydrogen-bond acceptors (Lipinski definition) is 1. The molecule has 0 radical (unpaired) electrons. The number of fused-ring (bicyclic) bond motifs is 1. The second-order valence-corrected chi connectivity index (χ2v) is 3.84. The van der Waals surface area contributed by atoms with Crippen LogP contribution in [0.2, 0.25) is 5.28 Å². The molecule has 1 heterocycles. The number of imidazole rings is 1. The van der Waals surface area contributed by atoms with E-state index in [0.717, 1.165) is 22.9 Å². The molecule has 2 aromatic rings. The number of para-hydroxylation sites is 2. The van der Waals surface area contributed by atoms with Crippen molar-refractivity contribution in [2.45, 2.75) is 6.54 Å². The lowest BCUT2D eigenvalue weighted by Crippen LogP contribution is -1.98. The van der Waals surface area contributed by atoms with Crippen molar-refractivity contribution < 1.29 is 0 Å². The number of halogens is 2. The Kier molecular flexibility index (Phi) is 2.56. The van der Waals surface area contributed by atoms with E-state index in [9.17, 15) is 0 Å². The third-order valence-electron chi connectivity index (χ3n) is 1.92. The van der Waals surface area contributed by atoms with E-state index in [0.29, 0.717) is 5.28 Å². The zero-order valence-electron chi connectivity index (χ0n) is 6.87. The monoisotopic (exact) mass is 258 g/mol. The minimum absolute atomic E-state index is 0.556. The molecule has 0 unspecified atom stereocenters. The van der Waals surface area contributed by atoms with Crippen molar-refractivity contribution in [1.82, 2.24) is 9.55 Å². The lowest BCUT2D eigenvalue weighted by atomic mass is 10.3. The van der Waals surface area contributed by atoms with Crippen LogP contribution < -0.4 is 0 Å². The van der Waals surface area contributed by atoms with E-state index >= 15 is 0 Å². The normalized spacial score (nSPS) is 10.9. The van der Waals surface area contributed by atoms with Crippen LogP contribution in [-0.4, -0.2) is 14.9 Å². The van der Waals surface area contributed by atoms with Crippen molar-refractivity contribution in [3.8, 4) is 0 Å². The number of nitrogens with zero attached hydrogens (tertiary/aromatic N) is 2. The van der Waals surface area contributed by atoms with E-state index in [4.69, 9.17) is 11.6 Å². The molecular formula is C9H8BrClN2. The molecule has 0 amide bonds. The molecule has 1 aromatic heterocycles. The van der Waals surface area contributed by atoms with E-state index in [2.05, 4.69) is 20.9 Å². The van der Waals surface area contributed by atoms with Gasteiger partial charge in [-0.25, -0.2) is 4.98 Å². The molecule has 1 aromatic carbocycles. The summed E-state index contributed by atoms with van der Waals surface area (Å²) in [6, 6.07) is 7.94. The first-order valence-electron chi connectivity index (χ1n) is 3.99. The average Bonchev–Trinajstić information content (AvgIpc) is 2.44. The summed E-state index contributed by atoms with van der Waals surface area (Å²) >= 11 is 9.36. The maximum absolute atomic E-state index is 5.98. The first kappa shape index (κ1) is 9.03. The molecule has 0 aliphatic carbocycles. The van der Waals surface area contributed by atoms with Gasteiger partial charge >= 0.3 is 0 Å². The van der Waals surface area contributed by atoms with Crippen LogP contribution in [0.15, 0.2) is 24.3 Å². The van der Waals surface area contributed by atoms with Crippen molar-refractivity contribution in [3.63, 3.8) is 0 Å². The highest BCUT2D eigenvalue weighted by molar-refractivity contribution is 9.09. The fourth-order valence-corrected chi connectivity index (χ4v) is 1.96. The Bertz CT molecular complexity index is 424. The predicted octanol–water partition coefficient (Wildman–Crippen LogP) is 3.08. The number of aromatic nitrogens is 2. The summed E-state index contributed by atoms with van der Waals surface area (Å²) in [5.41, 5.74) is 2.04. The van der Waals surface area contributed by atoms with Crippen LogP contribution in [0.3, 0.4) is 0 Å². The quantitative estimate of drug-likeness (QED) is 0.758. The summed E-state index contributed by atoms with van der Waals surface area (Å²) in [7, 11) is 0. The third kappa shape index (κ3) is 1.58. The standard InChI is InChI=1S/C9H8BrClN2/c10-5-6-13-8-4-2-1-3-7(8)12-9(13)11/h1-4H,5-6H2. The highest BCUT2D eigenvalue weighted by Gasteiger charge is 2.06. The zero-order chi connectivity index (χ0) is 9.26. The SMILES string of the molecule is Clc1nc2ccccc2n1CCBr. The Morgan fingerprint density at radius 1 is 1.38 bits per heavy atom. The van der Waals surface area contributed by atoms with E-state index in [-0.39, 0.29) is 0 Å². The van der Waals surface area contributed by atoms with Crippen LogP contribution >= 0.6 is 27.5 Å². The summed E-state index contributed by atoms with van der Waals surface area (Å²) < 4.78 is 1.99. The van der Waals surface area contributed by atoms with Gasteiger partial charge in [0.2, 0.25) is 5.28 Å². The first-order valence-corrected chi connectivity index (χ1v) is 5.49. The molecule has 13 heavy (non-hydrogen) atoms. The highest BCUT2D eigenvalue weighted by Crippen LogP contribution is 2.19. The molecule has 0 spiro atoms. The molecule has 0 aliphatic rings. The molecule has 0 aliphatic heterocycles. The molecule has 2 rings (SSSR count). The number of aryl methyl sites for hydroxylation is 1. The van der Waals surface area contributed by atoms with Crippen molar-refractivity contribution in [1.29, 1.82) is 0 Å². The molecule has 0 atom stereocenters. The fourth-order valence-electron chi connectivity index (χ4n) is 1.34. The number of rotatable bonds is 2. The topological polar surface area (TPSA) is 17.8 Å². The summed E-state index contributed by atoms with van der Waals surface area (Å²) in [4.78, 5) is 4.24. The Labute approximate surface area is 89.7 Å². The number of benzene rings is 1. The largest absolute Gasteiger partial charge is 0.314 e. The maximum atomic E-state index is 5.98. The lowest BCUT2D eigenvalue weighted by Gasteiger charge is -2.00. The van der Waals surface area contributed by atoms with Gasteiger partial charge in [0.25, 0.3) is 0 Å². The van der Waals surface area contributed by atoms with E-state index in [1.807, 2.05) is 28.8 Å². The van der Waals surface area contributed by atoms with Gasteiger partial charge in [-0.1, -0.05) is 28.1 Å². The Morgan fingerprint density at radius 2 is 2.15 bits per heavy atom. The van der Waals surface area contributed by atoms with Crippen LogP contribution in [-0.2, 0) is 6.54 Å². The van der Waals surface area contributed by atoms with Crippen molar-refractivity contribution in [2.24, 2.45) is 0 Å². The molecule has 0 fully saturated rings. The van der Waals surface area contributed by atoms with Gasteiger partial charge in [0.05, 0.1) is 11.0 Å². The lowest BCUT2D eigenvalue weighted by molar-refractivity contribution is 0.802. The van der Waals surface area contributed by atoms with E-state index in [1.54, 1.807) is 0 Å². The van der Waals surface area contributed by atoms with Crippen LogP contribution in [0.5, 0.6) is 0 Å². The molecule has 0 saturated carbocycles. The van der Waals surface area contributed by atoms with Crippen LogP contribution in [0, 0.1) is 0 Å². The van der Waals surface area contributed by atoms with Crippen LogP contribution in [0.4, 0.5) is 0 Å². The Hall–Kier alpha value is -0.540. The molecule has 0 N–H and O–H groups in total. The molecule has 4 heteroatoms. The van der Waals surface area contributed by atoms with Gasteiger partial charge in [-0.15, -0.1) is 0 Å². The Balaban J connectivity index is 2.64. The second-order valence-electron chi connectivity index (χ2n) is 2.71. The summed E-state index contributed by atoms with van der Waals surface area (Å²) in [6.07, 6.45) is 0. The molecule has 2 nitrogen and oxygen atoms in total. The van der Waals surface area contributed by atoms with Crippen molar-refractivity contribution in [2.75, 3.05) is 5.33 Å². The summed E-state index contributed by atoms with van der Waals surface area (Å²) in [5, 5.41) is 1.44. The maximum Gasteiger partial charge on any atom is 0.203 e. The van der Waals surface area contributed by atoms with Crippen LogP contribution in [0.1, 0.15) is 0 Å². The summed E-state index contributed by atoms with van der Waals surface area (Å²) in [5.74, 6) is 0. The van der Waals surface area contributed by atoms with E-state index < -0.39 is 0 Å². The number of alkyl halides is 1. The van der Waals surface area contributed by atoms with Gasteiger partial charge in [-0.3, -0.25) is 0 Å². The molecular weight excluding hydrogens is 251 g/mol. The smallest absolute Gasteiger partial charge is 0.203 e. The Morgan fingerprint density at radius 3 is 2.92 bits per heavy atom. The van der Waals surface area contributed by atoms with Gasteiger partial charge in [-0.05, 0) is 23.7 Å². The predicted molar refractivity (Wildman–Crippen MR) is 58.5 cm³/mol.